The van der Waals surface area contributed by atoms with Gasteiger partial charge in [-0.05, 0) is 17.4 Å². The Bertz CT molecular complexity index is 1380. The zero-order valence-electron chi connectivity index (χ0n) is 29.6. The Kier molecular flexibility index (Phi) is 16.2. The van der Waals surface area contributed by atoms with Crippen molar-refractivity contribution in [2.45, 2.75) is 113 Å². The first-order chi connectivity index (χ1) is 20.0. The Balaban J connectivity index is 0.000000363. The SMILES string of the molecule is CC(C)(C)c1c[c-]c2c(c1)-c1cc(C(C)(C)C)ccc1C2.CCCCC1[C-]=CC(C(C)(C)C)=C1.C[C](=[Zr+2])c1ccccc1.[Cl-].[Cl-]. The van der Waals surface area contributed by atoms with Crippen LogP contribution in [0.4, 0.5) is 0 Å². The molecule has 0 aliphatic heterocycles. The van der Waals surface area contributed by atoms with Gasteiger partial charge in [-0.25, -0.2) is 6.08 Å². The van der Waals surface area contributed by atoms with Crippen molar-refractivity contribution in [2.75, 3.05) is 0 Å². The van der Waals surface area contributed by atoms with Crippen molar-refractivity contribution in [3.05, 3.63) is 118 Å². The molecule has 5 rings (SSSR count). The third-order valence-electron chi connectivity index (χ3n) is 8.30. The zero-order valence-corrected chi connectivity index (χ0v) is 33.6. The minimum atomic E-state index is 0. The number of fused-ring (bicyclic) bond motifs is 3. The van der Waals surface area contributed by atoms with Gasteiger partial charge < -0.3 is 24.8 Å². The van der Waals surface area contributed by atoms with E-state index in [0.29, 0.717) is 11.3 Å². The molecule has 3 heteroatoms. The van der Waals surface area contributed by atoms with Gasteiger partial charge in [0.2, 0.25) is 0 Å². The molecule has 2 aliphatic rings. The molecule has 0 heterocycles. The van der Waals surface area contributed by atoms with E-state index in [1.807, 2.05) is 6.07 Å². The van der Waals surface area contributed by atoms with Crippen molar-refractivity contribution in [2.24, 2.45) is 11.3 Å². The minimum absolute atomic E-state index is 0. The van der Waals surface area contributed by atoms with Crippen LogP contribution in [-0.2, 0) is 41.5 Å². The zero-order chi connectivity index (χ0) is 32.0. The van der Waals surface area contributed by atoms with E-state index in [0.717, 1.165) is 6.42 Å². The third kappa shape index (κ3) is 12.2. The minimum Gasteiger partial charge on any atom is -1.00 e. The fourth-order valence-corrected chi connectivity index (χ4v) is 5.65. The molecule has 1 atom stereocenters. The number of hydrogen-bond donors (Lipinski definition) is 0. The maximum Gasteiger partial charge on any atom is -1.00 e. The van der Waals surface area contributed by atoms with Crippen LogP contribution in [-0.4, -0.2) is 3.21 Å². The van der Waals surface area contributed by atoms with Crippen LogP contribution in [0, 0.1) is 23.5 Å². The average molecular weight is 721 g/mol. The van der Waals surface area contributed by atoms with E-state index >= 15 is 0 Å². The molecular weight excluding hydrogens is 667 g/mol. The second-order valence-corrected chi connectivity index (χ2v) is 17.1. The van der Waals surface area contributed by atoms with Crippen LogP contribution in [0.25, 0.3) is 11.1 Å². The molecule has 0 aromatic heterocycles. The van der Waals surface area contributed by atoms with Crippen molar-refractivity contribution >= 4 is 3.21 Å². The Hall–Kier alpha value is -1.53. The largest absolute Gasteiger partial charge is 1.00 e. The second kappa shape index (κ2) is 17.6. The van der Waals surface area contributed by atoms with Crippen molar-refractivity contribution in [1.29, 1.82) is 0 Å². The summed E-state index contributed by atoms with van der Waals surface area (Å²) in [5.74, 6) is 0.592. The van der Waals surface area contributed by atoms with Gasteiger partial charge in [-0.2, -0.15) is 41.0 Å². The van der Waals surface area contributed by atoms with Crippen molar-refractivity contribution < 1.29 is 49.0 Å². The number of hydrogen-bond acceptors (Lipinski definition) is 0. The maximum atomic E-state index is 3.53. The first kappa shape index (κ1) is 41.5. The number of rotatable bonds is 4. The van der Waals surface area contributed by atoms with Crippen molar-refractivity contribution in [1.82, 2.24) is 0 Å². The molecule has 0 nitrogen and oxygen atoms in total. The van der Waals surface area contributed by atoms with Gasteiger partial charge in [0.05, 0.1) is 0 Å². The summed E-state index contributed by atoms with van der Waals surface area (Å²) in [5, 5.41) is 0. The van der Waals surface area contributed by atoms with Gasteiger partial charge in [0.25, 0.3) is 0 Å². The standard InChI is InChI=1S/C21H25.C13H21.C8H8.2ClH.Zr/c1-20(2,3)16-9-7-14-11-15-8-10-17(21(4,5)6)13-19(15)18(14)12-16;1-5-6-7-11-8-9-12(10-11)13(2,3)4;1-2-8-6-4-3-5-7-8;;;/h7,9-10,12-13H,11H2,1-6H3;9-11H,5-7H2,1-4H3;3-7H,1H3;2*1H;/q2*-1;;;;+2/p-2. The van der Waals surface area contributed by atoms with Crippen LogP contribution < -0.4 is 24.8 Å². The van der Waals surface area contributed by atoms with E-state index in [9.17, 15) is 0 Å². The van der Waals surface area contributed by atoms with E-state index in [2.05, 4.69) is 155 Å². The van der Waals surface area contributed by atoms with Gasteiger partial charge in [-0.1, -0.05) is 135 Å². The summed E-state index contributed by atoms with van der Waals surface area (Å²) in [5.41, 5.74) is 11.9. The molecule has 1 unspecified atom stereocenters. The van der Waals surface area contributed by atoms with Gasteiger partial charge in [0, 0.05) is 0 Å². The van der Waals surface area contributed by atoms with Crippen molar-refractivity contribution in [3.63, 3.8) is 0 Å². The van der Waals surface area contributed by atoms with E-state index in [1.165, 1.54) is 91.2 Å². The van der Waals surface area contributed by atoms with Crippen LogP contribution >= 0.6 is 0 Å². The Morgan fingerprint density at radius 2 is 1.40 bits per heavy atom. The summed E-state index contributed by atoms with van der Waals surface area (Å²) in [6, 6.07) is 25.5. The predicted molar refractivity (Wildman–Crippen MR) is 186 cm³/mol. The van der Waals surface area contributed by atoms with E-state index < -0.39 is 0 Å². The Morgan fingerprint density at radius 3 is 1.89 bits per heavy atom. The molecule has 2 aliphatic carbocycles. The summed E-state index contributed by atoms with van der Waals surface area (Å²) >= 11 is 1.51. The fourth-order valence-electron chi connectivity index (χ4n) is 5.24. The van der Waals surface area contributed by atoms with Crippen LogP contribution in [0.5, 0.6) is 0 Å². The van der Waals surface area contributed by atoms with Crippen LogP contribution in [0.2, 0.25) is 0 Å². The van der Waals surface area contributed by atoms with Gasteiger partial charge in [-0.15, -0.1) is 5.56 Å². The van der Waals surface area contributed by atoms with Crippen molar-refractivity contribution in [3.8, 4) is 11.1 Å². The van der Waals surface area contributed by atoms with E-state index in [-0.39, 0.29) is 35.6 Å². The van der Waals surface area contributed by atoms with Gasteiger partial charge in [0.1, 0.15) is 0 Å². The molecule has 3 aromatic carbocycles. The van der Waals surface area contributed by atoms with Crippen LogP contribution in [0.15, 0.2) is 78.4 Å². The fraction of sp³-hybridized carbons (Fsp3) is 0.452. The van der Waals surface area contributed by atoms with Crippen LogP contribution in [0.1, 0.15) is 123 Å². The van der Waals surface area contributed by atoms with E-state index in [4.69, 9.17) is 0 Å². The molecule has 0 spiro atoms. The summed E-state index contributed by atoms with van der Waals surface area (Å²) in [7, 11) is 0. The van der Waals surface area contributed by atoms with Crippen LogP contribution in [0.3, 0.4) is 0 Å². The summed E-state index contributed by atoms with van der Waals surface area (Å²) < 4.78 is 1.46. The molecular formula is C42H54Cl2Zr-2. The normalized spacial score (nSPS) is 14.8. The monoisotopic (exact) mass is 718 g/mol. The molecule has 0 saturated heterocycles. The molecule has 45 heavy (non-hydrogen) atoms. The molecule has 0 saturated carbocycles. The quantitative estimate of drug-likeness (QED) is 0.242. The predicted octanol–water partition coefficient (Wildman–Crippen LogP) is 5.57. The Labute approximate surface area is 303 Å². The molecule has 0 radical (unpaired) electrons. The first-order valence-electron chi connectivity index (χ1n) is 16.1. The Morgan fingerprint density at radius 1 is 0.800 bits per heavy atom. The molecule has 0 bridgehead atoms. The third-order valence-corrected chi connectivity index (χ3v) is 9.01. The topological polar surface area (TPSA) is 0 Å². The molecule has 0 fully saturated rings. The number of unbranched alkanes of at least 4 members (excludes halogenated alkanes) is 1. The summed E-state index contributed by atoms with van der Waals surface area (Å²) in [4.78, 5) is 0. The molecule has 242 valence electrons. The second-order valence-electron chi connectivity index (χ2n) is 15.3. The van der Waals surface area contributed by atoms with Gasteiger partial charge in [-0.3, -0.25) is 6.08 Å². The van der Waals surface area contributed by atoms with Gasteiger partial charge >= 0.3 is 70.3 Å². The smallest absolute Gasteiger partial charge is 1.00 e. The molecule has 0 amide bonds. The number of benzene rings is 3. The van der Waals surface area contributed by atoms with Gasteiger partial charge in [0.15, 0.2) is 0 Å². The summed E-state index contributed by atoms with van der Waals surface area (Å²) in [6.07, 6.45) is 12.9. The molecule has 0 N–H and O–H groups in total. The molecule has 3 aromatic rings. The first-order valence-corrected chi connectivity index (χ1v) is 17.3. The summed E-state index contributed by atoms with van der Waals surface area (Å²) in [6.45, 7) is 24.8. The number of allylic oxidation sites excluding steroid dienone is 4. The average Bonchev–Trinajstić information content (AvgIpc) is 3.56. The number of halogens is 2. The van der Waals surface area contributed by atoms with E-state index in [1.54, 1.807) is 0 Å². The maximum absolute atomic E-state index is 3.53.